The van der Waals surface area contributed by atoms with Crippen LogP contribution in [0, 0.1) is 0 Å². The van der Waals surface area contributed by atoms with Gasteiger partial charge in [0, 0.05) is 11.6 Å². The van der Waals surface area contributed by atoms with Gasteiger partial charge in [-0.2, -0.15) is 0 Å². The fourth-order valence-electron chi connectivity index (χ4n) is 1.80. The van der Waals surface area contributed by atoms with Crippen LogP contribution in [-0.4, -0.2) is 7.05 Å². The maximum absolute atomic E-state index is 6.01. The number of hydrogen-bond donors (Lipinski definition) is 1. The molecular formula is C14H14ClN. The number of hydrogen-bond acceptors (Lipinski definition) is 1. The first-order valence-corrected chi connectivity index (χ1v) is 5.67. The van der Waals surface area contributed by atoms with E-state index in [2.05, 4.69) is 23.5 Å². The van der Waals surface area contributed by atoms with Crippen molar-refractivity contribution >= 4 is 11.6 Å². The van der Waals surface area contributed by atoms with E-state index in [9.17, 15) is 0 Å². The average molecular weight is 232 g/mol. The SMILES string of the molecule is CNCc1cc(Cl)ccc1-c1ccccc1. The largest absolute Gasteiger partial charge is 0.316 e. The summed E-state index contributed by atoms with van der Waals surface area (Å²) in [4.78, 5) is 0. The zero-order valence-electron chi connectivity index (χ0n) is 9.20. The van der Waals surface area contributed by atoms with Crippen LogP contribution in [0.2, 0.25) is 5.02 Å². The van der Waals surface area contributed by atoms with Gasteiger partial charge in [-0.25, -0.2) is 0 Å². The van der Waals surface area contributed by atoms with Crippen LogP contribution in [0.4, 0.5) is 0 Å². The van der Waals surface area contributed by atoms with Gasteiger partial charge >= 0.3 is 0 Å². The summed E-state index contributed by atoms with van der Waals surface area (Å²) in [5.74, 6) is 0. The third-order valence-electron chi connectivity index (χ3n) is 2.52. The van der Waals surface area contributed by atoms with Crippen molar-refractivity contribution in [1.29, 1.82) is 0 Å². The first kappa shape index (κ1) is 11.2. The zero-order valence-corrected chi connectivity index (χ0v) is 9.96. The highest BCUT2D eigenvalue weighted by molar-refractivity contribution is 6.30. The van der Waals surface area contributed by atoms with Crippen LogP contribution >= 0.6 is 11.6 Å². The van der Waals surface area contributed by atoms with Crippen molar-refractivity contribution in [3.63, 3.8) is 0 Å². The molecule has 0 unspecified atom stereocenters. The van der Waals surface area contributed by atoms with Crippen LogP contribution in [0.3, 0.4) is 0 Å². The van der Waals surface area contributed by atoms with Crippen molar-refractivity contribution in [3.05, 3.63) is 59.1 Å². The maximum Gasteiger partial charge on any atom is 0.0409 e. The van der Waals surface area contributed by atoms with Crippen molar-refractivity contribution in [2.75, 3.05) is 7.05 Å². The molecule has 82 valence electrons. The molecule has 0 aliphatic rings. The van der Waals surface area contributed by atoms with Crippen molar-refractivity contribution in [1.82, 2.24) is 5.32 Å². The van der Waals surface area contributed by atoms with Gasteiger partial charge < -0.3 is 5.32 Å². The van der Waals surface area contributed by atoms with E-state index in [0.29, 0.717) is 0 Å². The van der Waals surface area contributed by atoms with E-state index in [0.717, 1.165) is 11.6 Å². The topological polar surface area (TPSA) is 12.0 Å². The van der Waals surface area contributed by atoms with Gasteiger partial charge in [-0.3, -0.25) is 0 Å². The minimum Gasteiger partial charge on any atom is -0.316 e. The number of nitrogens with one attached hydrogen (secondary N) is 1. The summed E-state index contributed by atoms with van der Waals surface area (Å²) in [6.07, 6.45) is 0. The summed E-state index contributed by atoms with van der Waals surface area (Å²) in [5.41, 5.74) is 3.69. The highest BCUT2D eigenvalue weighted by atomic mass is 35.5. The molecule has 1 N–H and O–H groups in total. The molecule has 0 spiro atoms. The molecule has 0 heterocycles. The lowest BCUT2D eigenvalue weighted by Gasteiger charge is -2.09. The lowest BCUT2D eigenvalue weighted by Crippen LogP contribution is -2.06. The lowest BCUT2D eigenvalue weighted by molar-refractivity contribution is 0.819. The average Bonchev–Trinajstić information content (AvgIpc) is 2.31. The molecule has 16 heavy (non-hydrogen) atoms. The van der Waals surface area contributed by atoms with Gasteiger partial charge in [0.25, 0.3) is 0 Å². The summed E-state index contributed by atoms with van der Waals surface area (Å²) >= 11 is 6.01. The maximum atomic E-state index is 6.01. The second-order valence-corrected chi connectivity index (χ2v) is 4.13. The van der Waals surface area contributed by atoms with Crippen molar-refractivity contribution in [2.45, 2.75) is 6.54 Å². The summed E-state index contributed by atoms with van der Waals surface area (Å²) in [6, 6.07) is 16.4. The Hall–Kier alpha value is -1.31. The second kappa shape index (κ2) is 5.15. The van der Waals surface area contributed by atoms with Crippen LogP contribution in [0.25, 0.3) is 11.1 Å². The Kier molecular flexibility index (Phi) is 3.60. The Morgan fingerprint density at radius 1 is 1.06 bits per heavy atom. The molecule has 0 fully saturated rings. The van der Waals surface area contributed by atoms with Gasteiger partial charge in [0.2, 0.25) is 0 Å². The first-order chi connectivity index (χ1) is 7.81. The first-order valence-electron chi connectivity index (χ1n) is 5.29. The van der Waals surface area contributed by atoms with Gasteiger partial charge in [0.15, 0.2) is 0 Å². The van der Waals surface area contributed by atoms with E-state index < -0.39 is 0 Å². The minimum absolute atomic E-state index is 0.782. The molecule has 0 aromatic heterocycles. The predicted molar refractivity (Wildman–Crippen MR) is 69.7 cm³/mol. The van der Waals surface area contributed by atoms with Gasteiger partial charge in [0.1, 0.15) is 0 Å². The fourth-order valence-corrected chi connectivity index (χ4v) is 1.99. The molecule has 2 aromatic rings. The molecule has 0 aliphatic heterocycles. The lowest BCUT2D eigenvalue weighted by atomic mass is 10.00. The van der Waals surface area contributed by atoms with Crippen molar-refractivity contribution in [2.24, 2.45) is 0 Å². The molecule has 0 aliphatic carbocycles. The summed E-state index contributed by atoms with van der Waals surface area (Å²) in [7, 11) is 1.94. The Morgan fingerprint density at radius 3 is 2.50 bits per heavy atom. The van der Waals surface area contributed by atoms with Crippen molar-refractivity contribution < 1.29 is 0 Å². The Balaban J connectivity index is 2.48. The van der Waals surface area contributed by atoms with Crippen LogP contribution in [0.5, 0.6) is 0 Å². The molecule has 0 amide bonds. The fraction of sp³-hybridized carbons (Fsp3) is 0.143. The molecule has 0 saturated heterocycles. The highest BCUT2D eigenvalue weighted by Gasteiger charge is 2.04. The van der Waals surface area contributed by atoms with Crippen LogP contribution in [0.15, 0.2) is 48.5 Å². The summed E-state index contributed by atoms with van der Waals surface area (Å²) in [5, 5.41) is 3.95. The quantitative estimate of drug-likeness (QED) is 0.849. The van der Waals surface area contributed by atoms with E-state index in [-0.39, 0.29) is 0 Å². The van der Waals surface area contributed by atoms with Crippen LogP contribution in [0.1, 0.15) is 5.56 Å². The Labute approximate surface area is 101 Å². The summed E-state index contributed by atoms with van der Waals surface area (Å²) < 4.78 is 0. The molecule has 2 aromatic carbocycles. The monoisotopic (exact) mass is 231 g/mol. The van der Waals surface area contributed by atoms with E-state index in [4.69, 9.17) is 11.6 Å². The Morgan fingerprint density at radius 2 is 1.81 bits per heavy atom. The number of halogens is 1. The predicted octanol–water partition coefficient (Wildman–Crippen LogP) is 3.73. The van der Waals surface area contributed by atoms with Gasteiger partial charge in [-0.1, -0.05) is 48.0 Å². The molecule has 0 atom stereocenters. The van der Waals surface area contributed by atoms with E-state index >= 15 is 0 Å². The number of benzene rings is 2. The molecule has 2 heteroatoms. The second-order valence-electron chi connectivity index (χ2n) is 3.70. The third-order valence-corrected chi connectivity index (χ3v) is 2.75. The molecule has 0 radical (unpaired) electrons. The molecule has 0 saturated carbocycles. The van der Waals surface area contributed by atoms with Gasteiger partial charge in [-0.05, 0) is 35.9 Å². The standard InChI is InChI=1S/C14H14ClN/c1-16-10-12-9-13(15)7-8-14(12)11-5-3-2-4-6-11/h2-9,16H,10H2,1H3. The van der Waals surface area contributed by atoms with Gasteiger partial charge in [0.05, 0.1) is 0 Å². The van der Waals surface area contributed by atoms with Crippen LogP contribution in [-0.2, 0) is 6.54 Å². The van der Waals surface area contributed by atoms with Crippen LogP contribution < -0.4 is 5.32 Å². The molecule has 1 nitrogen and oxygen atoms in total. The van der Waals surface area contributed by atoms with E-state index in [1.807, 2.05) is 37.4 Å². The highest BCUT2D eigenvalue weighted by Crippen LogP contribution is 2.26. The third kappa shape index (κ3) is 2.43. The number of rotatable bonds is 3. The minimum atomic E-state index is 0.782. The zero-order chi connectivity index (χ0) is 11.4. The Bertz CT molecular complexity index is 465. The summed E-state index contributed by atoms with van der Waals surface area (Å²) in [6.45, 7) is 0.824. The van der Waals surface area contributed by atoms with E-state index in [1.54, 1.807) is 0 Å². The normalized spacial score (nSPS) is 10.4. The molecular weight excluding hydrogens is 218 g/mol. The smallest absolute Gasteiger partial charge is 0.0409 e. The van der Waals surface area contributed by atoms with Crippen molar-refractivity contribution in [3.8, 4) is 11.1 Å². The van der Waals surface area contributed by atoms with Gasteiger partial charge in [-0.15, -0.1) is 0 Å². The molecule has 0 bridgehead atoms. The molecule has 2 rings (SSSR count). The van der Waals surface area contributed by atoms with E-state index in [1.165, 1.54) is 16.7 Å².